The number of hydrogen-bond acceptors (Lipinski definition) is 4. The van der Waals surface area contributed by atoms with Crippen molar-refractivity contribution in [1.29, 1.82) is 0 Å². The van der Waals surface area contributed by atoms with Gasteiger partial charge in [0.25, 0.3) is 11.1 Å². The Balaban J connectivity index is 1.82. The number of thioether (sulfide) groups is 1. The van der Waals surface area contributed by atoms with E-state index in [4.69, 9.17) is 0 Å². The second-order valence-electron chi connectivity index (χ2n) is 5.23. The number of rotatable bonds is 3. The molecule has 22 heavy (non-hydrogen) atoms. The van der Waals surface area contributed by atoms with Crippen molar-refractivity contribution in [3.63, 3.8) is 0 Å². The van der Waals surface area contributed by atoms with E-state index in [1.165, 1.54) is 4.90 Å². The zero-order chi connectivity index (χ0) is 15.7. The lowest BCUT2D eigenvalue weighted by Gasteiger charge is -2.16. The van der Waals surface area contributed by atoms with Gasteiger partial charge in [-0.1, -0.05) is 35.9 Å². The molecule has 0 unspecified atom stereocenters. The lowest BCUT2D eigenvalue weighted by atomic mass is 10.2. The summed E-state index contributed by atoms with van der Waals surface area (Å²) in [4.78, 5) is 26.0. The number of nitrogens with zero attached hydrogens (tertiary/aromatic N) is 1. The number of nitrogens with one attached hydrogen (secondary N) is 1. The van der Waals surface area contributed by atoms with Gasteiger partial charge in [0, 0.05) is 5.69 Å². The average Bonchev–Trinajstić information content (AvgIpc) is 2.77. The molecule has 4 nitrogen and oxygen atoms in total. The van der Waals surface area contributed by atoms with E-state index in [9.17, 15) is 9.59 Å². The van der Waals surface area contributed by atoms with Crippen LogP contribution in [0.5, 0.6) is 0 Å². The molecule has 0 aliphatic carbocycles. The Morgan fingerprint density at radius 3 is 2.36 bits per heavy atom. The zero-order valence-corrected chi connectivity index (χ0v) is 13.2. The fourth-order valence-corrected chi connectivity index (χ4v) is 3.20. The van der Waals surface area contributed by atoms with Gasteiger partial charge in [-0.25, -0.2) is 4.90 Å². The number of hydrogen-bond donors (Lipinski definition) is 1. The first-order valence-corrected chi connectivity index (χ1v) is 7.87. The van der Waals surface area contributed by atoms with Gasteiger partial charge in [0.05, 0.1) is 5.69 Å². The van der Waals surface area contributed by atoms with Crippen molar-refractivity contribution in [3.05, 3.63) is 59.7 Å². The molecule has 1 N–H and O–H groups in total. The van der Waals surface area contributed by atoms with E-state index < -0.39 is 5.37 Å². The largest absolute Gasteiger partial charge is 0.365 e. The molecule has 1 fully saturated rings. The maximum atomic E-state index is 12.5. The van der Waals surface area contributed by atoms with Crippen molar-refractivity contribution in [1.82, 2.24) is 0 Å². The van der Waals surface area contributed by atoms with Gasteiger partial charge in [-0.05, 0) is 49.4 Å². The molecule has 0 aromatic heterocycles. The van der Waals surface area contributed by atoms with Crippen molar-refractivity contribution >= 4 is 34.3 Å². The third-order valence-corrected chi connectivity index (χ3v) is 4.51. The van der Waals surface area contributed by atoms with Crippen molar-refractivity contribution in [2.75, 3.05) is 10.2 Å². The Kier molecular flexibility index (Phi) is 3.90. The number of para-hydroxylation sites is 1. The monoisotopic (exact) mass is 312 g/mol. The summed E-state index contributed by atoms with van der Waals surface area (Å²) in [6, 6.07) is 15.1. The van der Waals surface area contributed by atoms with Crippen LogP contribution in [0.15, 0.2) is 48.5 Å². The fourth-order valence-electron chi connectivity index (χ4n) is 2.30. The molecule has 0 saturated carbocycles. The van der Waals surface area contributed by atoms with Crippen LogP contribution in [-0.4, -0.2) is 16.5 Å². The van der Waals surface area contributed by atoms with Crippen molar-refractivity contribution in [2.45, 2.75) is 19.2 Å². The highest BCUT2D eigenvalue weighted by atomic mass is 32.2. The van der Waals surface area contributed by atoms with E-state index in [0.29, 0.717) is 5.69 Å². The molecule has 3 rings (SSSR count). The first-order chi connectivity index (χ1) is 10.6. The molecule has 1 saturated heterocycles. The smallest absolute Gasteiger partial charge is 0.295 e. The van der Waals surface area contributed by atoms with Crippen LogP contribution in [0.25, 0.3) is 0 Å². The third kappa shape index (κ3) is 2.72. The van der Waals surface area contributed by atoms with E-state index in [2.05, 4.69) is 5.32 Å². The third-order valence-electron chi connectivity index (χ3n) is 3.57. The average molecular weight is 312 g/mol. The molecule has 1 aliphatic rings. The molecular formula is C17H16N2O2S. The minimum atomic E-state index is -0.588. The summed E-state index contributed by atoms with van der Waals surface area (Å²) in [5.74, 6) is -0.234. The Bertz CT molecular complexity index is 728. The second-order valence-corrected chi connectivity index (χ2v) is 6.29. The molecule has 0 radical (unpaired) electrons. The Morgan fingerprint density at radius 2 is 1.68 bits per heavy atom. The molecule has 2 amide bonds. The van der Waals surface area contributed by atoms with Gasteiger partial charge < -0.3 is 5.32 Å². The number of aryl methyl sites for hydroxylation is 2. The summed E-state index contributed by atoms with van der Waals surface area (Å²) in [6.07, 6.45) is 0. The highest BCUT2D eigenvalue weighted by molar-refractivity contribution is 8.16. The molecule has 5 heteroatoms. The summed E-state index contributed by atoms with van der Waals surface area (Å²) < 4.78 is 0. The molecule has 1 atom stereocenters. The molecule has 1 aliphatic heterocycles. The van der Waals surface area contributed by atoms with Crippen molar-refractivity contribution in [3.8, 4) is 0 Å². The summed E-state index contributed by atoms with van der Waals surface area (Å²) in [7, 11) is 0. The first kappa shape index (κ1) is 14.7. The van der Waals surface area contributed by atoms with Gasteiger partial charge in [0.15, 0.2) is 5.37 Å². The Hall–Kier alpha value is -2.27. The maximum Gasteiger partial charge on any atom is 0.295 e. The van der Waals surface area contributed by atoms with Gasteiger partial charge in [0.1, 0.15) is 0 Å². The minimum Gasteiger partial charge on any atom is -0.365 e. The summed E-state index contributed by atoms with van der Waals surface area (Å²) in [6.45, 7) is 3.93. The van der Waals surface area contributed by atoms with Gasteiger partial charge in [-0.3, -0.25) is 9.59 Å². The zero-order valence-electron chi connectivity index (χ0n) is 12.4. The van der Waals surface area contributed by atoms with Crippen LogP contribution in [0.2, 0.25) is 0 Å². The van der Waals surface area contributed by atoms with Gasteiger partial charge in [-0.2, -0.15) is 0 Å². The molecular weight excluding hydrogens is 296 g/mol. The van der Waals surface area contributed by atoms with Gasteiger partial charge in [0.2, 0.25) is 0 Å². The van der Waals surface area contributed by atoms with Crippen molar-refractivity contribution < 1.29 is 9.59 Å². The highest BCUT2D eigenvalue weighted by Gasteiger charge is 2.40. The fraction of sp³-hybridized carbons (Fsp3) is 0.176. The highest BCUT2D eigenvalue weighted by Crippen LogP contribution is 2.33. The van der Waals surface area contributed by atoms with Crippen LogP contribution in [-0.2, 0) is 4.79 Å². The quantitative estimate of drug-likeness (QED) is 0.932. The first-order valence-electron chi connectivity index (χ1n) is 6.99. The van der Waals surface area contributed by atoms with Crippen LogP contribution in [0.1, 0.15) is 11.1 Å². The van der Waals surface area contributed by atoms with Crippen LogP contribution in [0, 0.1) is 13.8 Å². The number of anilines is 2. The summed E-state index contributed by atoms with van der Waals surface area (Å²) in [5, 5.41) is 2.31. The standard InChI is InChI=1S/C17H16N2O2S/c1-11-7-9-13(10-8-11)19-16(20)15(22-17(19)21)18-14-6-4-3-5-12(14)2/h3-10,15,18H,1-2H3/t15-/m0/s1. The van der Waals surface area contributed by atoms with Crippen LogP contribution in [0.4, 0.5) is 16.2 Å². The van der Waals surface area contributed by atoms with Crippen LogP contribution >= 0.6 is 11.8 Å². The summed E-state index contributed by atoms with van der Waals surface area (Å²) >= 11 is 1.01. The summed E-state index contributed by atoms with van der Waals surface area (Å²) in [5.41, 5.74) is 3.61. The second kappa shape index (κ2) is 5.85. The molecule has 2 aromatic rings. The number of benzene rings is 2. The van der Waals surface area contributed by atoms with Gasteiger partial charge in [-0.15, -0.1) is 0 Å². The lowest BCUT2D eigenvalue weighted by molar-refractivity contribution is -0.116. The van der Waals surface area contributed by atoms with E-state index in [-0.39, 0.29) is 11.1 Å². The van der Waals surface area contributed by atoms with E-state index in [1.54, 1.807) is 12.1 Å². The van der Waals surface area contributed by atoms with E-state index in [1.807, 2.05) is 50.2 Å². The maximum absolute atomic E-state index is 12.5. The topological polar surface area (TPSA) is 49.4 Å². The van der Waals surface area contributed by atoms with Gasteiger partial charge >= 0.3 is 0 Å². The normalized spacial score (nSPS) is 17.9. The SMILES string of the molecule is Cc1ccc(N2C(=O)S[C@H](Nc3ccccc3C)C2=O)cc1. The van der Waals surface area contributed by atoms with Crippen LogP contribution < -0.4 is 10.2 Å². The number of carbonyl (C=O) groups excluding carboxylic acids is 2. The molecule has 0 spiro atoms. The van der Waals surface area contributed by atoms with Crippen LogP contribution in [0.3, 0.4) is 0 Å². The Morgan fingerprint density at radius 1 is 1.00 bits per heavy atom. The Labute approximate surface area is 133 Å². The van der Waals surface area contributed by atoms with E-state index >= 15 is 0 Å². The predicted octanol–water partition coefficient (Wildman–Crippen LogP) is 3.94. The molecule has 2 aromatic carbocycles. The molecule has 0 bridgehead atoms. The number of carbonyl (C=O) groups is 2. The minimum absolute atomic E-state index is 0.234. The predicted molar refractivity (Wildman–Crippen MR) is 90.2 cm³/mol. The lowest BCUT2D eigenvalue weighted by Crippen LogP contribution is -2.34. The molecule has 112 valence electrons. The van der Waals surface area contributed by atoms with E-state index in [0.717, 1.165) is 28.6 Å². The number of imide groups is 1. The van der Waals surface area contributed by atoms with Crippen molar-refractivity contribution in [2.24, 2.45) is 0 Å². The number of amides is 2. The molecule has 1 heterocycles.